The molecule has 0 aliphatic carbocycles. The monoisotopic (exact) mass is 375 g/mol. The Morgan fingerprint density at radius 3 is 2.61 bits per heavy atom. The summed E-state index contributed by atoms with van der Waals surface area (Å²) in [5, 5.41) is 2.72. The van der Waals surface area contributed by atoms with Gasteiger partial charge in [0.2, 0.25) is 0 Å². The Balaban J connectivity index is 1.90. The van der Waals surface area contributed by atoms with Crippen LogP contribution in [0.5, 0.6) is 0 Å². The molecule has 1 amide bonds. The number of ether oxygens (including phenoxy) is 1. The van der Waals surface area contributed by atoms with Gasteiger partial charge in [-0.05, 0) is 43.2 Å². The van der Waals surface area contributed by atoms with Crippen molar-refractivity contribution in [1.82, 2.24) is 0 Å². The van der Waals surface area contributed by atoms with Crippen molar-refractivity contribution in [3.8, 4) is 0 Å². The summed E-state index contributed by atoms with van der Waals surface area (Å²) in [7, 11) is 0. The second-order valence-electron chi connectivity index (χ2n) is 5.23. The van der Waals surface area contributed by atoms with Crippen LogP contribution in [0.3, 0.4) is 0 Å². The lowest BCUT2D eigenvalue weighted by molar-refractivity contribution is -0.152. The molecule has 2 aromatic carbocycles. The van der Waals surface area contributed by atoms with E-state index in [0.29, 0.717) is 5.69 Å². The minimum Gasteiger partial charge on any atom is -0.452 e. The van der Waals surface area contributed by atoms with E-state index in [9.17, 15) is 9.59 Å². The normalized spacial score (nSPS) is 11.6. The fourth-order valence-corrected chi connectivity index (χ4v) is 2.47. The first kappa shape index (κ1) is 17.2. The lowest BCUT2D eigenvalue weighted by Crippen LogP contribution is -2.30. The Kier molecular flexibility index (Phi) is 5.93. The minimum atomic E-state index is -0.856. The van der Waals surface area contributed by atoms with Crippen molar-refractivity contribution in [1.29, 1.82) is 0 Å². The first-order chi connectivity index (χ1) is 11.0. The highest BCUT2D eigenvalue weighted by molar-refractivity contribution is 9.10. The average Bonchev–Trinajstić information content (AvgIpc) is 2.49. The van der Waals surface area contributed by atoms with Gasteiger partial charge in [-0.2, -0.15) is 0 Å². The topological polar surface area (TPSA) is 55.4 Å². The minimum absolute atomic E-state index is 0.154. The smallest absolute Gasteiger partial charge is 0.311 e. The van der Waals surface area contributed by atoms with Gasteiger partial charge >= 0.3 is 5.97 Å². The van der Waals surface area contributed by atoms with Crippen LogP contribution >= 0.6 is 15.9 Å². The third-order valence-electron chi connectivity index (χ3n) is 3.37. The van der Waals surface area contributed by atoms with Crippen molar-refractivity contribution >= 4 is 33.5 Å². The van der Waals surface area contributed by atoms with E-state index < -0.39 is 12.1 Å². The van der Waals surface area contributed by atoms with Crippen molar-refractivity contribution in [2.24, 2.45) is 0 Å². The zero-order valence-electron chi connectivity index (χ0n) is 13.0. The van der Waals surface area contributed by atoms with Crippen molar-refractivity contribution in [2.75, 3.05) is 5.32 Å². The van der Waals surface area contributed by atoms with E-state index in [4.69, 9.17) is 4.74 Å². The summed E-state index contributed by atoms with van der Waals surface area (Å²) in [5.41, 5.74) is 2.57. The molecule has 2 rings (SSSR count). The van der Waals surface area contributed by atoms with Crippen LogP contribution in [-0.4, -0.2) is 18.0 Å². The zero-order chi connectivity index (χ0) is 16.8. The summed E-state index contributed by atoms with van der Waals surface area (Å²) in [4.78, 5) is 24.1. The Bertz CT molecular complexity index is 715. The van der Waals surface area contributed by atoms with E-state index in [1.165, 1.54) is 0 Å². The second kappa shape index (κ2) is 7.92. The molecule has 1 N–H and O–H groups in total. The molecule has 1 atom stereocenters. The number of rotatable bonds is 5. The largest absolute Gasteiger partial charge is 0.452 e. The van der Waals surface area contributed by atoms with Gasteiger partial charge in [-0.1, -0.05) is 46.3 Å². The summed E-state index contributed by atoms with van der Waals surface area (Å²) >= 11 is 3.34. The molecular formula is C18H18BrNO3. The highest BCUT2D eigenvalue weighted by Gasteiger charge is 2.18. The van der Waals surface area contributed by atoms with Crippen LogP contribution in [0.4, 0.5) is 5.69 Å². The molecule has 0 fully saturated rings. The number of carbonyl (C=O) groups is 2. The first-order valence-electron chi connectivity index (χ1n) is 7.26. The third-order valence-corrected chi connectivity index (χ3v) is 3.86. The molecule has 0 aromatic heterocycles. The number of nitrogens with one attached hydrogen (secondary N) is 1. The van der Waals surface area contributed by atoms with Crippen LogP contribution in [0.15, 0.2) is 53.0 Å². The second-order valence-corrected chi connectivity index (χ2v) is 6.15. The molecule has 0 aliphatic heterocycles. The number of hydrogen-bond acceptors (Lipinski definition) is 3. The van der Waals surface area contributed by atoms with Crippen molar-refractivity contribution in [3.05, 3.63) is 64.1 Å². The first-order valence-corrected chi connectivity index (χ1v) is 8.05. The number of halogens is 1. The molecule has 0 aliphatic rings. The van der Waals surface area contributed by atoms with Gasteiger partial charge in [-0.15, -0.1) is 0 Å². The summed E-state index contributed by atoms with van der Waals surface area (Å²) in [6.45, 7) is 3.50. The Labute approximate surface area is 144 Å². The van der Waals surface area contributed by atoms with Crippen LogP contribution in [0.25, 0.3) is 0 Å². The van der Waals surface area contributed by atoms with E-state index in [0.717, 1.165) is 15.6 Å². The molecule has 0 spiro atoms. The van der Waals surface area contributed by atoms with Gasteiger partial charge in [0.25, 0.3) is 5.91 Å². The molecule has 4 nitrogen and oxygen atoms in total. The van der Waals surface area contributed by atoms with Crippen LogP contribution in [0, 0.1) is 6.92 Å². The Hall–Kier alpha value is -2.14. The van der Waals surface area contributed by atoms with E-state index >= 15 is 0 Å². The summed E-state index contributed by atoms with van der Waals surface area (Å²) in [6.07, 6.45) is -0.702. The highest BCUT2D eigenvalue weighted by atomic mass is 79.9. The molecular weight excluding hydrogens is 358 g/mol. The van der Waals surface area contributed by atoms with Crippen molar-refractivity contribution in [2.45, 2.75) is 26.4 Å². The predicted molar refractivity (Wildman–Crippen MR) is 93.2 cm³/mol. The zero-order valence-corrected chi connectivity index (χ0v) is 14.6. The van der Waals surface area contributed by atoms with Crippen LogP contribution in [0.1, 0.15) is 18.1 Å². The van der Waals surface area contributed by atoms with Gasteiger partial charge in [-0.25, -0.2) is 0 Å². The lowest BCUT2D eigenvalue weighted by Gasteiger charge is -2.14. The number of hydrogen-bond donors (Lipinski definition) is 1. The van der Waals surface area contributed by atoms with E-state index in [1.54, 1.807) is 19.1 Å². The maximum absolute atomic E-state index is 12.1. The standard InChI is InChI=1S/C18H18BrNO3/c1-12-6-3-4-7-14(12)10-17(21)23-13(2)18(22)20-16-9-5-8-15(19)11-16/h3-9,11,13H,10H2,1-2H3,(H,20,22)/t13-/m0/s1. The molecule has 0 saturated carbocycles. The van der Waals surface area contributed by atoms with Crippen molar-refractivity contribution < 1.29 is 14.3 Å². The number of esters is 1. The number of carbonyl (C=O) groups excluding carboxylic acids is 2. The third kappa shape index (κ3) is 5.21. The predicted octanol–water partition coefficient (Wildman–Crippen LogP) is 3.87. The molecule has 120 valence electrons. The van der Waals surface area contributed by atoms with Crippen LogP contribution in [0.2, 0.25) is 0 Å². The van der Waals surface area contributed by atoms with Gasteiger partial charge in [0.15, 0.2) is 6.10 Å². The number of amides is 1. The van der Waals surface area contributed by atoms with E-state index in [1.807, 2.05) is 43.3 Å². The Morgan fingerprint density at radius 2 is 1.91 bits per heavy atom. The van der Waals surface area contributed by atoms with Crippen LogP contribution < -0.4 is 5.32 Å². The molecule has 0 unspecified atom stereocenters. The fraction of sp³-hybridized carbons (Fsp3) is 0.222. The van der Waals surface area contributed by atoms with Gasteiger partial charge in [0, 0.05) is 10.2 Å². The van der Waals surface area contributed by atoms with Gasteiger partial charge in [0.1, 0.15) is 0 Å². The van der Waals surface area contributed by atoms with Crippen LogP contribution in [-0.2, 0) is 20.7 Å². The lowest BCUT2D eigenvalue weighted by atomic mass is 10.1. The summed E-state index contributed by atoms with van der Waals surface area (Å²) in [6, 6.07) is 14.8. The average molecular weight is 376 g/mol. The molecule has 0 bridgehead atoms. The molecule has 0 saturated heterocycles. The van der Waals surface area contributed by atoms with Crippen molar-refractivity contribution in [3.63, 3.8) is 0 Å². The summed E-state index contributed by atoms with van der Waals surface area (Å²) in [5.74, 6) is -0.780. The van der Waals surface area contributed by atoms with E-state index in [2.05, 4.69) is 21.2 Å². The summed E-state index contributed by atoms with van der Waals surface area (Å²) < 4.78 is 6.07. The fourth-order valence-electron chi connectivity index (χ4n) is 2.07. The maximum atomic E-state index is 12.1. The van der Waals surface area contributed by atoms with Gasteiger partial charge in [-0.3, -0.25) is 9.59 Å². The maximum Gasteiger partial charge on any atom is 0.311 e. The molecule has 2 aromatic rings. The quantitative estimate of drug-likeness (QED) is 0.806. The highest BCUT2D eigenvalue weighted by Crippen LogP contribution is 2.16. The van der Waals surface area contributed by atoms with Gasteiger partial charge < -0.3 is 10.1 Å². The number of benzene rings is 2. The number of aryl methyl sites for hydroxylation is 1. The van der Waals surface area contributed by atoms with Gasteiger partial charge in [0.05, 0.1) is 6.42 Å². The molecule has 0 radical (unpaired) electrons. The molecule has 0 heterocycles. The Morgan fingerprint density at radius 1 is 1.17 bits per heavy atom. The van der Waals surface area contributed by atoms with E-state index in [-0.39, 0.29) is 12.3 Å². The molecule has 5 heteroatoms. The number of anilines is 1. The SMILES string of the molecule is Cc1ccccc1CC(=O)O[C@@H](C)C(=O)Nc1cccc(Br)c1. The molecule has 23 heavy (non-hydrogen) atoms.